The standard InChI is InChI=1S/C24H25NO6S/c1-4-31-24(28)22-15(19-6-5-9-32-19)11-16-21(23(22)27)14(12-20(26)25-16)13-7-8-17(29-2)18(10-13)30-3/h5-10,14-15,22H,4,11-12H2,1-3H3,(H,25,26)/t14-,15-,22+/m1/s1. The Morgan fingerprint density at radius 2 is 1.91 bits per heavy atom. The van der Waals surface area contributed by atoms with Gasteiger partial charge in [-0.1, -0.05) is 12.1 Å². The van der Waals surface area contributed by atoms with Gasteiger partial charge in [0.2, 0.25) is 5.91 Å². The van der Waals surface area contributed by atoms with E-state index in [1.54, 1.807) is 26.2 Å². The van der Waals surface area contributed by atoms with Crippen molar-refractivity contribution >= 4 is 29.0 Å². The number of ether oxygens (including phenoxy) is 3. The summed E-state index contributed by atoms with van der Waals surface area (Å²) >= 11 is 1.49. The number of nitrogens with one attached hydrogen (secondary N) is 1. The Morgan fingerprint density at radius 3 is 2.56 bits per heavy atom. The molecule has 1 aliphatic carbocycles. The SMILES string of the molecule is CCOC(=O)[C@@H]1C(=O)C2=C(C[C@@H]1c1cccs1)NC(=O)C[C@@H]2c1ccc(OC)c(OC)c1. The average molecular weight is 456 g/mol. The number of methoxy groups -OCH3 is 2. The Hall–Kier alpha value is -3.13. The highest BCUT2D eigenvalue weighted by molar-refractivity contribution is 7.10. The van der Waals surface area contributed by atoms with Gasteiger partial charge >= 0.3 is 5.97 Å². The van der Waals surface area contributed by atoms with Crippen LogP contribution in [0.4, 0.5) is 0 Å². The zero-order valence-corrected chi connectivity index (χ0v) is 19.0. The first kappa shape index (κ1) is 22.1. The molecule has 8 heteroatoms. The Labute approximate surface area is 190 Å². The van der Waals surface area contributed by atoms with Crippen molar-refractivity contribution in [3.05, 3.63) is 57.4 Å². The zero-order chi connectivity index (χ0) is 22.8. The third-order valence-corrected chi connectivity index (χ3v) is 6.99. The second kappa shape index (κ2) is 9.16. The number of ketones is 1. The number of benzene rings is 1. The van der Waals surface area contributed by atoms with Gasteiger partial charge in [0.05, 0.1) is 20.8 Å². The van der Waals surface area contributed by atoms with E-state index in [1.165, 1.54) is 18.4 Å². The lowest BCUT2D eigenvalue weighted by molar-refractivity contribution is -0.152. The van der Waals surface area contributed by atoms with Crippen molar-refractivity contribution in [1.82, 2.24) is 5.32 Å². The van der Waals surface area contributed by atoms with Crippen LogP contribution in [0.3, 0.4) is 0 Å². The van der Waals surface area contributed by atoms with Gasteiger partial charge < -0.3 is 19.5 Å². The highest BCUT2D eigenvalue weighted by atomic mass is 32.1. The van der Waals surface area contributed by atoms with Gasteiger partial charge in [-0.2, -0.15) is 0 Å². The van der Waals surface area contributed by atoms with Gasteiger partial charge in [0.15, 0.2) is 17.3 Å². The molecule has 0 bridgehead atoms. The average Bonchev–Trinajstić information content (AvgIpc) is 3.32. The molecule has 1 amide bonds. The van der Waals surface area contributed by atoms with Crippen LogP contribution in [-0.4, -0.2) is 38.5 Å². The molecule has 0 unspecified atom stereocenters. The predicted molar refractivity (Wildman–Crippen MR) is 119 cm³/mol. The van der Waals surface area contributed by atoms with E-state index >= 15 is 0 Å². The Bertz CT molecular complexity index is 1070. The van der Waals surface area contributed by atoms with Gasteiger partial charge in [0.1, 0.15) is 5.92 Å². The van der Waals surface area contributed by atoms with Crippen LogP contribution in [0.25, 0.3) is 0 Å². The largest absolute Gasteiger partial charge is 0.493 e. The molecule has 1 aromatic heterocycles. The van der Waals surface area contributed by atoms with Crippen LogP contribution in [0.1, 0.15) is 42.0 Å². The molecule has 2 aliphatic rings. The summed E-state index contributed by atoms with van der Waals surface area (Å²) in [7, 11) is 3.08. The van der Waals surface area contributed by atoms with Crippen LogP contribution < -0.4 is 14.8 Å². The zero-order valence-electron chi connectivity index (χ0n) is 18.2. The minimum atomic E-state index is -0.940. The van der Waals surface area contributed by atoms with E-state index < -0.39 is 17.8 Å². The molecule has 3 atom stereocenters. The first-order valence-corrected chi connectivity index (χ1v) is 11.4. The van der Waals surface area contributed by atoms with Crippen molar-refractivity contribution in [1.29, 1.82) is 0 Å². The number of thiophene rings is 1. The molecule has 0 radical (unpaired) electrons. The minimum Gasteiger partial charge on any atom is -0.493 e. The number of rotatable bonds is 6. The van der Waals surface area contributed by atoms with Crippen molar-refractivity contribution in [2.45, 2.75) is 31.6 Å². The van der Waals surface area contributed by atoms with Gasteiger partial charge in [0.25, 0.3) is 0 Å². The first-order valence-electron chi connectivity index (χ1n) is 10.5. The lowest BCUT2D eigenvalue weighted by Gasteiger charge is -2.37. The van der Waals surface area contributed by atoms with Crippen LogP contribution in [-0.2, 0) is 19.1 Å². The fourth-order valence-corrected chi connectivity index (χ4v) is 5.44. The number of esters is 1. The topological polar surface area (TPSA) is 90.9 Å². The number of amides is 1. The second-order valence-electron chi connectivity index (χ2n) is 7.73. The maximum Gasteiger partial charge on any atom is 0.317 e. The number of hydrogen-bond donors (Lipinski definition) is 1. The summed E-state index contributed by atoms with van der Waals surface area (Å²) < 4.78 is 16.0. The van der Waals surface area contributed by atoms with E-state index in [9.17, 15) is 14.4 Å². The van der Waals surface area contributed by atoms with E-state index in [0.717, 1.165) is 10.4 Å². The van der Waals surface area contributed by atoms with Crippen LogP contribution in [0, 0.1) is 5.92 Å². The molecule has 0 fully saturated rings. The monoisotopic (exact) mass is 455 g/mol. The molecule has 1 aromatic carbocycles. The van der Waals surface area contributed by atoms with Crippen molar-refractivity contribution in [2.75, 3.05) is 20.8 Å². The number of carbonyl (C=O) groups excluding carboxylic acids is 3. The Morgan fingerprint density at radius 1 is 1.12 bits per heavy atom. The van der Waals surface area contributed by atoms with Gasteiger partial charge in [0, 0.05) is 34.4 Å². The lowest BCUT2D eigenvalue weighted by Crippen LogP contribution is -2.44. The highest BCUT2D eigenvalue weighted by Crippen LogP contribution is 2.47. The fraction of sp³-hybridized carbons (Fsp3) is 0.375. The van der Waals surface area contributed by atoms with Crippen molar-refractivity contribution < 1.29 is 28.6 Å². The number of Topliss-reactive ketones (excluding diaryl/α,β-unsaturated/α-hetero) is 1. The molecule has 0 spiro atoms. The molecule has 1 N–H and O–H groups in total. The molecular weight excluding hydrogens is 430 g/mol. The van der Waals surface area contributed by atoms with Crippen LogP contribution >= 0.6 is 11.3 Å². The van der Waals surface area contributed by atoms with E-state index in [1.807, 2.05) is 23.6 Å². The van der Waals surface area contributed by atoms with Gasteiger partial charge in [-0.3, -0.25) is 14.4 Å². The molecule has 2 heterocycles. The van der Waals surface area contributed by atoms with Crippen LogP contribution in [0.2, 0.25) is 0 Å². The van der Waals surface area contributed by atoms with Crippen molar-refractivity contribution in [3.8, 4) is 11.5 Å². The highest BCUT2D eigenvalue weighted by Gasteiger charge is 2.48. The number of allylic oxidation sites excluding steroid dienone is 2. The quantitative estimate of drug-likeness (QED) is 0.529. The predicted octanol–water partition coefficient (Wildman–Crippen LogP) is 3.56. The van der Waals surface area contributed by atoms with Crippen LogP contribution in [0.5, 0.6) is 11.5 Å². The molecule has 4 rings (SSSR count). The molecular formula is C24H25NO6S. The van der Waals surface area contributed by atoms with Crippen molar-refractivity contribution in [2.24, 2.45) is 5.92 Å². The van der Waals surface area contributed by atoms with E-state index in [0.29, 0.717) is 29.2 Å². The number of hydrogen-bond acceptors (Lipinski definition) is 7. The van der Waals surface area contributed by atoms with Crippen molar-refractivity contribution in [3.63, 3.8) is 0 Å². The third-order valence-electron chi connectivity index (χ3n) is 5.99. The molecule has 0 saturated heterocycles. The Balaban J connectivity index is 1.81. The summed E-state index contributed by atoms with van der Waals surface area (Å²) in [6.45, 7) is 1.92. The van der Waals surface area contributed by atoms with Gasteiger partial charge in [-0.15, -0.1) is 11.3 Å². The summed E-state index contributed by atoms with van der Waals surface area (Å²) in [6.07, 6.45) is 0.500. The van der Waals surface area contributed by atoms with Gasteiger partial charge in [-0.25, -0.2) is 0 Å². The summed E-state index contributed by atoms with van der Waals surface area (Å²) in [5.74, 6) is -1.69. The van der Waals surface area contributed by atoms with E-state index in [2.05, 4.69) is 5.32 Å². The summed E-state index contributed by atoms with van der Waals surface area (Å²) in [6, 6.07) is 9.17. The molecule has 0 saturated carbocycles. The summed E-state index contributed by atoms with van der Waals surface area (Å²) in [5.41, 5.74) is 1.82. The maximum atomic E-state index is 13.8. The first-order chi connectivity index (χ1) is 15.5. The van der Waals surface area contributed by atoms with E-state index in [4.69, 9.17) is 14.2 Å². The molecule has 32 heavy (non-hydrogen) atoms. The van der Waals surface area contributed by atoms with E-state index in [-0.39, 0.29) is 30.6 Å². The summed E-state index contributed by atoms with van der Waals surface area (Å²) in [5, 5.41) is 4.81. The molecule has 1 aliphatic heterocycles. The molecule has 7 nitrogen and oxygen atoms in total. The maximum absolute atomic E-state index is 13.8. The van der Waals surface area contributed by atoms with Gasteiger partial charge in [-0.05, 0) is 42.5 Å². The molecule has 168 valence electrons. The minimum absolute atomic E-state index is 0.110. The Kier molecular flexibility index (Phi) is 6.32. The third kappa shape index (κ3) is 3.90. The second-order valence-corrected chi connectivity index (χ2v) is 8.71. The molecule has 2 aromatic rings. The lowest BCUT2D eigenvalue weighted by atomic mass is 9.69. The number of carbonyl (C=O) groups is 3. The summed E-state index contributed by atoms with van der Waals surface area (Å²) in [4.78, 5) is 40.2. The smallest absolute Gasteiger partial charge is 0.317 e. The van der Waals surface area contributed by atoms with Crippen LogP contribution in [0.15, 0.2) is 47.0 Å². The fourth-order valence-electron chi connectivity index (χ4n) is 4.58. The normalized spacial score (nSPS) is 22.8.